The summed E-state index contributed by atoms with van der Waals surface area (Å²) in [5.74, 6) is -0.266. The maximum atomic E-state index is 12.1. The zero-order chi connectivity index (χ0) is 13.9. The number of nitrogens with one attached hydrogen (secondary N) is 1. The summed E-state index contributed by atoms with van der Waals surface area (Å²) in [4.78, 5) is 19.9. The Balaban J connectivity index is 2.20. The minimum atomic E-state index is -0.542. The molecular weight excluding hydrogens is 262 g/mol. The quantitative estimate of drug-likeness (QED) is 0.937. The number of nitrogens with zero attached hydrogens (tertiary/aromatic N) is 2. The zero-order valence-electron chi connectivity index (χ0n) is 10.7. The van der Waals surface area contributed by atoms with E-state index < -0.39 is 5.54 Å². The lowest BCUT2D eigenvalue weighted by Crippen LogP contribution is -2.41. The molecule has 0 unspecified atom stereocenters. The van der Waals surface area contributed by atoms with Gasteiger partial charge in [-0.1, -0.05) is 23.7 Å². The van der Waals surface area contributed by atoms with E-state index >= 15 is 0 Å². The van der Waals surface area contributed by atoms with Crippen LogP contribution >= 0.6 is 11.6 Å². The van der Waals surface area contributed by atoms with Crippen LogP contribution in [0.4, 0.5) is 0 Å². The summed E-state index contributed by atoms with van der Waals surface area (Å²) >= 11 is 5.97. The SMILES string of the molecule is CC(C)(NC(=O)c1cnccn1)c1cccc(Cl)c1. The van der Waals surface area contributed by atoms with Crippen LogP contribution in [-0.4, -0.2) is 15.9 Å². The molecule has 1 heterocycles. The van der Waals surface area contributed by atoms with E-state index in [0.29, 0.717) is 5.02 Å². The fourth-order valence-corrected chi connectivity index (χ4v) is 1.90. The normalized spacial score (nSPS) is 11.1. The molecule has 2 aromatic rings. The molecule has 0 fully saturated rings. The van der Waals surface area contributed by atoms with Crippen LogP contribution < -0.4 is 5.32 Å². The number of halogens is 1. The molecule has 0 saturated carbocycles. The van der Waals surface area contributed by atoms with Crippen molar-refractivity contribution in [2.75, 3.05) is 0 Å². The van der Waals surface area contributed by atoms with E-state index in [1.807, 2.05) is 32.0 Å². The summed E-state index contributed by atoms with van der Waals surface area (Å²) < 4.78 is 0. The summed E-state index contributed by atoms with van der Waals surface area (Å²) in [6.07, 6.45) is 4.45. The number of aromatic nitrogens is 2. The first-order valence-corrected chi connectivity index (χ1v) is 6.21. The number of hydrogen-bond donors (Lipinski definition) is 1. The van der Waals surface area contributed by atoms with Crippen molar-refractivity contribution >= 4 is 17.5 Å². The van der Waals surface area contributed by atoms with Gasteiger partial charge in [0.25, 0.3) is 5.91 Å². The maximum absolute atomic E-state index is 12.1. The van der Waals surface area contributed by atoms with Crippen molar-refractivity contribution in [1.29, 1.82) is 0 Å². The van der Waals surface area contributed by atoms with Gasteiger partial charge in [-0.3, -0.25) is 9.78 Å². The van der Waals surface area contributed by atoms with Crippen molar-refractivity contribution in [2.24, 2.45) is 0 Å². The summed E-state index contributed by atoms with van der Waals surface area (Å²) in [5.41, 5.74) is 0.675. The van der Waals surface area contributed by atoms with Crippen molar-refractivity contribution in [3.05, 3.63) is 59.1 Å². The minimum Gasteiger partial charge on any atom is -0.342 e. The Morgan fingerprint density at radius 2 is 2.11 bits per heavy atom. The molecule has 0 aliphatic rings. The lowest BCUT2D eigenvalue weighted by molar-refractivity contribution is 0.0906. The van der Waals surface area contributed by atoms with Gasteiger partial charge >= 0.3 is 0 Å². The van der Waals surface area contributed by atoms with Crippen molar-refractivity contribution < 1.29 is 4.79 Å². The summed E-state index contributed by atoms with van der Waals surface area (Å²) in [7, 11) is 0. The van der Waals surface area contributed by atoms with Gasteiger partial charge in [0.2, 0.25) is 0 Å². The second-order valence-corrected chi connectivity index (χ2v) is 5.12. The lowest BCUT2D eigenvalue weighted by Gasteiger charge is -2.26. The number of benzene rings is 1. The molecule has 0 radical (unpaired) electrons. The average Bonchev–Trinajstić information content (AvgIpc) is 2.39. The molecule has 98 valence electrons. The van der Waals surface area contributed by atoms with Gasteiger partial charge in [0.05, 0.1) is 11.7 Å². The monoisotopic (exact) mass is 275 g/mol. The predicted molar refractivity (Wildman–Crippen MR) is 74.0 cm³/mol. The van der Waals surface area contributed by atoms with Crippen LogP contribution in [0, 0.1) is 0 Å². The van der Waals surface area contributed by atoms with Crippen LogP contribution in [0.5, 0.6) is 0 Å². The molecule has 0 saturated heterocycles. The largest absolute Gasteiger partial charge is 0.342 e. The predicted octanol–water partition coefficient (Wildman–Crippen LogP) is 2.80. The van der Waals surface area contributed by atoms with E-state index in [0.717, 1.165) is 5.56 Å². The Hall–Kier alpha value is -1.94. The first-order valence-electron chi connectivity index (χ1n) is 5.83. The number of hydrogen-bond acceptors (Lipinski definition) is 3. The second-order valence-electron chi connectivity index (χ2n) is 4.68. The topological polar surface area (TPSA) is 54.9 Å². The molecular formula is C14H14ClN3O. The highest BCUT2D eigenvalue weighted by Crippen LogP contribution is 2.23. The second kappa shape index (κ2) is 5.36. The molecule has 0 aliphatic carbocycles. The van der Waals surface area contributed by atoms with Gasteiger partial charge in [0, 0.05) is 17.4 Å². The minimum absolute atomic E-state index is 0.266. The Morgan fingerprint density at radius 3 is 2.74 bits per heavy atom. The Morgan fingerprint density at radius 1 is 1.32 bits per heavy atom. The van der Waals surface area contributed by atoms with Gasteiger partial charge in [-0.05, 0) is 31.5 Å². The van der Waals surface area contributed by atoms with Gasteiger partial charge < -0.3 is 5.32 Å². The molecule has 1 N–H and O–H groups in total. The molecule has 0 aliphatic heterocycles. The Kier molecular flexibility index (Phi) is 3.81. The molecule has 0 bridgehead atoms. The van der Waals surface area contributed by atoms with Crippen molar-refractivity contribution in [1.82, 2.24) is 15.3 Å². The highest BCUT2D eigenvalue weighted by molar-refractivity contribution is 6.30. The molecule has 1 amide bonds. The maximum Gasteiger partial charge on any atom is 0.272 e. The summed E-state index contributed by atoms with van der Waals surface area (Å²) in [6, 6.07) is 7.40. The van der Waals surface area contributed by atoms with Crippen LogP contribution in [-0.2, 0) is 5.54 Å². The fourth-order valence-electron chi connectivity index (χ4n) is 1.71. The molecule has 0 atom stereocenters. The zero-order valence-corrected chi connectivity index (χ0v) is 11.5. The standard InChI is InChI=1S/C14H14ClN3O/c1-14(2,10-4-3-5-11(15)8-10)18-13(19)12-9-16-6-7-17-12/h3-9H,1-2H3,(H,18,19). The number of amides is 1. The Labute approximate surface area is 116 Å². The first-order chi connectivity index (χ1) is 8.99. The van der Waals surface area contributed by atoms with E-state index in [1.54, 1.807) is 6.07 Å². The number of rotatable bonds is 3. The number of carbonyl (C=O) groups excluding carboxylic acids is 1. The molecule has 2 rings (SSSR count). The highest BCUT2D eigenvalue weighted by Gasteiger charge is 2.24. The van der Waals surface area contributed by atoms with Gasteiger partial charge in [-0.25, -0.2) is 4.98 Å². The third-order valence-electron chi connectivity index (χ3n) is 2.77. The van der Waals surface area contributed by atoms with E-state index in [-0.39, 0.29) is 11.6 Å². The van der Waals surface area contributed by atoms with Gasteiger partial charge in [-0.15, -0.1) is 0 Å². The van der Waals surface area contributed by atoms with Crippen LogP contribution in [0.3, 0.4) is 0 Å². The molecule has 5 heteroatoms. The fraction of sp³-hybridized carbons (Fsp3) is 0.214. The molecule has 0 spiro atoms. The highest BCUT2D eigenvalue weighted by atomic mass is 35.5. The van der Waals surface area contributed by atoms with Crippen LogP contribution in [0.15, 0.2) is 42.9 Å². The van der Waals surface area contributed by atoms with Gasteiger partial charge in [0.15, 0.2) is 0 Å². The van der Waals surface area contributed by atoms with Crippen LogP contribution in [0.2, 0.25) is 5.02 Å². The molecule has 1 aromatic carbocycles. The van der Waals surface area contributed by atoms with E-state index in [2.05, 4.69) is 15.3 Å². The third kappa shape index (κ3) is 3.29. The lowest BCUT2D eigenvalue weighted by atomic mass is 9.94. The van der Waals surface area contributed by atoms with Crippen molar-refractivity contribution in [3.8, 4) is 0 Å². The molecule has 1 aromatic heterocycles. The van der Waals surface area contributed by atoms with E-state index in [4.69, 9.17) is 11.6 Å². The van der Waals surface area contributed by atoms with Gasteiger partial charge in [-0.2, -0.15) is 0 Å². The molecule has 19 heavy (non-hydrogen) atoms. The van der Waals surface area contributed by atoms with E-state index in [9.17, 15) is 4.79 Å². The smallest absolute Gasteiger partial charge is 0.272 e. The third-order valence-corrected chi connectivity index (χ3v) is 3.00. The Bertz CT molecular complexity index is 584. The van der Waals surface area contributed by atoms with Crippen LogP contribution in [0.25, 0.3) is 0 Å². The van der Waals surface area contributed by atoms with Crippen molar-refractivity contribution in [2.45, 2.75) is 19.4 Å². The summed E-state index contributed by atoms with van der Waals surface area (Å²) in [6.45, 7) is 3.82. The first kappa shape index (κ1) is 13.5. The molecule has 4 nitrogen and oxygen atoms in total. The van der Waals surface area contributed by atoms with Crippen molar-refractivity contribution in [3.63, 3.8) is 0 Å². The summed E-state index contributed by atoms with van der Waals surface area (Å²) in [5, 5.41) is 3.55. The average molecular weight is 276 g/mol. The van der Waals surface area contributed by atoms with Crippen LogP contribution in [0.1, 0.15) is 29.9 Å². The van der Waals surface area contributed by atoms with E-state index in [1.165, 1.54) is 18.6 Å². The van der Waals surface area contributed by atoms with Gasteiger partial charge in [0.1, 0.15) is 5.69 Å². The number of carbonyl (C=O) groups is 1.